The molecule has 39 heavy (non-hydrogen) atoms. The highest BCUT2D eigenvalue weighted by atomic mass is 32.2. The van der Waals surface area contributed by atoms with Crippen molar-refractivity contribution in [2.45, 2.75) is 45.4 Å². The van der Waals surface area contributed by atoms with Gasteiger partial charge in [-0.1, -0.05) is 13.0 Å². The van der Waals surface area contributed by atoms with Crippen LogP contribution in [-0.4, -0.2) is 59.8 Å². The second-order valence-electron chi connectivity index (χ2n) is 8.92. The second kappa shape index (κ2) is 9.68. The van der Waals surface area contributed by atoms with E-state index in [1.807, 2.05) is 13.8 Å². The van der Waals surface area contributed by atoms with Crippen molar-refractivity contribution >= 4 is 21.7 Å². The molecule has 1 amide bonds. The van der Waals surface area contributed by atoms with E-state index in [1.54, 1.807) is 22.9 Å². The number of imidazole rings is 1. The van der Waals surface area contributed by atoms with E-state index in [4.69, 9.17) is 0 Å². The lowest BCUT2D eigenvalue weighted by atomic mass is 10.1. The molecule has 0 saturated carbocycles. The number of nitrogens with one attached hydrogen (secondary N) is 1. The van der Waals surface area contributed by atoms with Crippen LogP contribution in [0.2, 0.25) is 0 Å². The first-order chi connectivity index (χ1) is 18.4. The van der Waals surface area contributed by atoms with Crippen LogP contribution in [-0.2, 0) is 36.1 Å². The van der Waals surface area contributed by atoms with Crippen LogP contribution in [0.15, 0.2) is 30.6 Å². The summed E-state index contributed by atoms with van der Waals surface area (Å²) in [4.78, 5) is 25.7. The summed E-state index contributed by atoms with van der Waals surface area (Å²) in [6.07, 6.45) is 3.92. The minimum absolute atomic E-state index is 0.00302. The highest BCUT2D eigenvalue weighted by Crippen LogP contribution is 2.30. The van der Waals surface area contributed by atoms with Gasteiger partial charge in [-0.05, 0) is 36.6 Å². The highest BCUT2D eigenvalue weighted by molar-refractivity contribution is 7.89. The van der Waals surface area contributed by atoms with Gasteiger partial charge in [-0.15, -0.1) is 0 Å². The lowest BCUT2D eigenvalue weighted by Gasteiger charge is -2.26. The Kier molecular flexibility index (Phi) is 6.62. The Morgan fingerprint density at radius 2 is 1.95 bits per heavy atom. The fourth-order valence-electron chi connectivity index (χ4n) is 4.26. The molecule has 206 valence electrons. The van der Waals surface area contributed by atoms with Crippen LogP contribution in [0.25, 0.3) is 17.2 Å². The number of amides is 1. The van der Waals surface area contributed by atoms with Crippen molar-refractivity contribution in [1.29, 1.82) is 0 Å². The molecule has 4 aromatic rings. The van der Waals surface area contributed by atoms with Gasteiger partial charge in [0.05, 0.1) is 24.3 Å². The normalized spacial score (nSPS) is 14.5. The van der Waals surface area contributed by atoms with Crippen molar-refractivity contribution < 1.29 is 30.8 Å². The van der Waals surface area contributed by atoms with Crippen LogP contribution in [0.5, 0.6) is 0 Å². The molecule has 3 aromatic heterocycles. The molecule has 0 atom stereocenters. The molecule has 4 heterocycles. The molecule has 0 radical (unpaired) electrons. The number of carbonyl (C=O) groups is 1. The number of hydrogen-bond acceptors (Lipinski definition) is 7. The monoisotopic (exact) mass is 566 g/mol. The van der Waals surface area contributed by atoms with Gasteiger partial charge in [0.2, 0.25) is 5.78 Å². The van der Waals surface area contributed by atoms with Crippen LogP contribution < -0.4 is 5.32 Å². The fraction of sp³-hybridized carbons (Fsp3) is 0.348. The molecule has 0 bridgehead atoms. The van der Waals surface area contributed by atoms with E-state index in [1.165, 1.54) is 16.8 Å². The number of halogens is 4. The third kappa shape index (κ3) is 4.85. The third-order valence-electron chi connectivity index (χ3n) is 6.22. The van der Waals surface area contributed by atoms with Gasteiger partial charge in [0.1, 0.15) is 17.3 Å². The summed E-state index contributed by atoms with van der Waals surface area (Å²) in [6.45, 7) is 2.47. The summed E-state index contributed by atoms with van der Waals surface area (Å²) < 4.78 is 80.4. The van der Waals surface area contributed by atoms with Crippen molar-refractivity contribution in [1.82, 2.24) is 38.8 Å². The first-order valence-corrected chi connectivity index (χ1v) is 13.2. The summed E-state index contributed by atoms with van der Waals surface area (Å²) in [5.41, 5.74) is -3.25. The summed E-state index contributed by atoms with van der Waals surface area (Å²) in [6, 6.07) is 4.14. The molecule has 0 spiro atoms. The fourth-order valence-corrected chi connectivity index (χ4v) is 5.16. The van der Waals surface area contributed by atoms with E-state index in [0.29, 0.717) is 29.1 Å². The second-order valence-corrected chi connectivity index (χ2v) is 10.8. The van der Waals surface area contributed by atoms with Crippen LogP contribution in [0.3, 0.4) is 0 Å². The summed E-state index contributed by atoms with van der Waals surface area (Å²) in [5.74, 6) is -0.853. The smallest absolute Gasteiger partial charge is 0.347 e. The van der Waals surface area contributed by atoms with Crippen molar-refractivity contribution in [2.24, 2.45) is 0 Å². The maximum atomic E-state index is 15.0. The zero-order valence-corrected chi connectivity index (χ0v) is 21.5. The van der Waals surface area contributed by atoms with Gasteiger partial charge in [0.15, 0.2) is 5.82 Å². The van der Waals surface area contributed by atoms with Crippen LogP contribution in [0.4, 0.5) is 17.6 Å². The maximum Gasteiger partial charge on any atom is 0.511 e. The highest BCUT2D eigenvalue weighted by Gasteiger charge is 2.50. The Balaban J connectivity index is 1.32. The van der Waals surface area contributed by atoms with Crippen LogP contribution in [0, 0.1) is 12.7 Å². The Morgan fingerprint density at radius 1 is 1.18 bits per heavy atom. The number of benzene rings is 1. The van der Waals surface area contributed by atoms with Crippen molar-refractivity contribution in [3.8, 4) is 11.4 Å². The Bertz CT molecular complexity index is 1700. The number of aromatic nitrogens is 6. The van der Waals surface area contributed by atoms with Gasteiger partial charge < -0.3 is 5.32 Å². The first kappa shape index (κ1) is 26.7. The summed E-state index contributed by atoms with van der Waals surface area (Å²) >= 11 is 0. The number of sulfonamides is 1. The lowest BCUT2D eigenvalue weighted by Crippen LogP contribution is -2.44. The molecule has 16 heteroatoms. The van der Waals surface area contributed by atoms with Gasteiger partial charge in [0.25, 0.3) is 5.91 Å². The summed E-state index contributed by atoms with van der Waals surface area (Å²) in [5, 5.41) is 6.89. The number of carbonyl (C=O) groups excluding carboxylic acids is 1. The number of fused-ring (bicyclic) bond motifs is 2. The number of aryl methyl sites for hydroxylation is 2. The zero-order chi connectivity index (χ0) is 28.1. The standard InChI is InChI=1S/C23H22F4N8O3S/c1-3-17-19(34-11-13(2)9-29-22(34)30-17)21(36)28-10-14-4-5-15(16(24)8-14)20-31-18-12-33(6-7-35(18)32-20)39(37,38)23(25,26)27/h4-5,8-9,11H,3,6-7,10,12H2,1-2H3,(H,28,36). The van der Waals surface area contributed by atoms with Crippen LogP contribution >= 0.6 is 0 Å². The Hall–Kier alpha value is -3.92. The molecule has 5 rings (SSSR count). The molecule has 1 N–H and O–H groups in total. The molecule has 11 nitrogen and oxygen atoms in total. The molecule has 0 fully saturated rings. The maximum absolute atomic E-state index is 15.0. The number of alkyl halides is 3. The van der Waals surface area contributed by atoms with E-state index in [9.17, 15) is 26.4 Å². The largest absolute Gasteiger partial charge is 0.511 e. The van der Waals surface area contributed by atoms with E-state index < -0.39 is 40.3 Å². The number of nitrogens with zero attached hydrogens (tertiary/aromatic N) is 7. The van der Waals surface area contributed by atoms with E-state index in [2.05, 4.69) is 25.4 Å². The van der Waals surface area contributed by atoms with Gasteiger partial charge in [-0.25, -0.2) is 32.4 Å². The molecule has 0 aliphatic carbocycles. The van der Waals surface area contributed by atoms with Gasteiger partial charge in [-0.2, -0.15) is 22.6 Å². The average molecular weight is 567 g/mol. The van der Waals surface area contributed by atoms with Crippen molar-refractivity contribution in [3.63, 3.8) is 0 Å². The van der Waals surface area contributed by atoms with Gasteiger partial charge in [-0.3, -0.25) is 9.20 Å². The Labute approximate surface area is 219 Å². The minimum Gasteiger partial charge on any atom is -0.347 e. The van der Waals surface area contributed by atoms with E-state index >= 15 is 4.39 Å². The third-order valence-corrected chi connectivity index (χ3v) is 7.79. The lowest BCUT2D eigenvalue weighted by molar-refractivity contribution is -0.0496. The zero-order valence-electron chi connectivity index (χ0n) is 20.7. The number of hydrogen-bond donors (Lipinski definition) is 1. The predicted molar refractivity (Wildman–Crippen MR) is 129 cm³/mol. The molecule has 1 aliphatic heterocycles. The average Bonchev–Trinajstić information content (AvgIpc) is 3.47. The quantitative estimate of drug-likeness (QED) is 0.356. The molecule has 1 aromatic carbocycles. The molecule has 0 saturated heterocycles. The number of rotatable bonds is 6. The molecular formula is C23H22F4N8O3S. The minimum atomic E-state index is -5.53. The molecular weight excluding hydrogens is 544 g/mol. The Morgan fingerprint density at radius 3 is 2.64 bits per heavy atom. The topological polar surface area (TPSA) is 127 Å². The van der Waals surface area contributed by atoms with Crippen LogP contribution in [0.1, 0.15) is 40.1 Å². The molecule has 0 unspecified atom stereocenters. The first-order valence-electron chi connectivity index (χ1n) is 11.8. The SMILES string of the molecule is CCc1nc2ncc(C)cn2c1C(=O)NCc1ccc(-c2nc3n(n2)CCN(S(=O)(=O)C(F)(F)F)C3)c(F)c1. The molecule has 1 aliphatic rings. The van der Waals surface area contributed by atoms with E-state index in [0.717, 1.165) is 5.56 Å². The van der Waals surface area contributed by atoms with Gasteiger partial charge in [0, 0.05) is 25.5 Å². The van der Waals surface area contributed by atoms with Gasteiger partial charge >= 0.3 is 15.5 Å². The summed E-state index contributed by atoms with van der Waals surface area (Å²) in [7, 11) is -5.53. The predicted octanol–water partition coefficient (Wildman–Crippen LogP) is 2.59. The van der Waals surface area contributed by atoms with Crippen molar-refractivity contribution in [3.05, 3.63) is 64.7 Å². The van der Waals surface area contributed by atoms with Crippen molar-refractivity contribution in [2.75, 3.05) is 6.54 Å². The van der Waals surface area contributed by atoms with E-state index in [-0.39, 0.29) is 34.6 Å².